The smallest absolute Gasteiger partial charge is 0.128 e. The number of hydrogen-bond donors (Lipinski definition) is 0. The van der Waals surface area contributed by atoms with Gasteiger partial charge in [-0.05, 0) is 31.0 Å². The van der Waals surface area contributed by atoms with Gasteiger partial charge in [0.05, 0.1) is 7.11 Å². The fourth-order valence-electron chi connectivity index (χ4n) is 1.05. The van der Waals surface area contributed by atoms with E-state index in [1.165, 1.54) is 12.8 Å². The third-order valence-electron chi connectivity index (χ3n) is 1.78. The Balaban J connectivity index is 0. The van der Waals surface area contributed by atoms with Gasteiger partial charge < -0.3 is 26.5 Å². The Labute approximate surface area is 125 Å². The molecule has 1 fully saturated rings. The minimum absolute atomic E-state index is 0. The molecule has 0 spiro atoms. The van der Waals surface area contributed by atoms with Gasteiger partial charge >= 0.3 is 0 Å². The Morgan fingerprint density at radius 3 is 2.31 bits per heavy atom. The second kappa shape index (κ2) is 11.8. The molecule has 1 aliphatic rings. The van der Waals surface area contributed by atoms with Gasteiger partial charge in [0.1, 0.15) is 5.75 Å². The van der Waals surface area contributed by atoms with E-state index in [-0.39, 0.29) is 36.5 Å². The molecule has 2 nitrogen and oxygen atoms in total. The molecule has 1 saturated heterocycles. The monoisotopic (exact) mass is 356 g/mol. The number of rotatable bonds is 1. The standard InChI is InChI=1S/C7H6ClO.C4H8O.BrH.Zn/c1-9-7-4-2-3-6(8)5-7;1-2-4-5-3-1;;/h2-3,5H,1H3;1-4H2;1H;/p-1. The summed E-state index contributed by atoms with van der Waals surface area (Å²) in [6.45, 7) is 2.00. The average Bonchev–Trinajstić information content (AvgIpc) is 2.75. The van der Waals surface area contributed by atoms with E-state index in [0.717, 1.165) is 13.2 Å². The van der Waals surface area contributed by atoms with Crippen LogP contribution in [0.25, 0.3) is 0 Å². The maximum atomic E-state index is 5.62. The van der Waals surface area contributed by atoms with Crippen LogP contribution in [0.2, 0.25) is 5.02 Å². The summed E-state index contributed by atoms with van der Waals surface area (Å²) in [6, 6.07) is 8.04. The topological polar surface area (TPSA) is 18.5 Å². The second-order valence-electron chi connectivity index (χ2n) is 2.89. The molecule has 1 radical (unpaired) electrons. The van der Waals surface area contributed by atoms with Gasteiger partial charge in [-0.1, -0.05) is 11.6 Å². The van der Waals surface area contributed by atoms with E-state index in [1.807, 2.05) is 0 Å². The summed E-state index contributed by atoms with van der Waals surface area (Å²) in [5, 5.41) is 0.672. The Hall–Kier alpha value is 0.373. The quantitative estimate of drug-likeness (QED) is 0.655. The Morgan fingerprint density at radius 2 is 2.00 bits per heavy atom. The zero-order valence-electron chi connectivity index (χ0n) is 9.34. The van der Waals surface area contributed by atoms with Crippen molar-refractivity contribution in [1.29, 1.82) is 0 Å². The van der Waals surface area contributed by atoms with E-state index >= 15 is 0 Å². The molecule has 0 saturated carbocycles. The molecule has 0 amide bonds. The van der Waals surface area contributed by atoms with Gasteiger partial charge in [0.15, 0.2) is 0 Å². The van der Waals surface area contributed by atoms with Crippen molar-refractivity contribution in [3.8, 4) is 5.75 Å². The van der Waals surface area contributed by atoms with Crippen LogP contribution in [0.5, 0.6) is 5.75 Å². The molecule has 0 unspecified atom stereocenters. The normalized spacial score (nSPS) is 12.6. The molecule has 16 heavy (non-hydrogen) atoms. The summed E-state index contributed by atoms with van der Waals surface area (Å²) in [6.07, 6.45) is 2.56. The minimum atomic E-state index is 0. The first-order valence-electron chi connectivity index (χ1n) is 4.62. The van der Waals surface area contributed by atoms with Crippen molar-refractivity contribution >= 4 is 11.6 Å². The van der Waals surface area contributed by atoms with Crippen LogP contribution in [-0.2, 0) is 24.2 Å². The van der Waals surface area contributed by atoms with Crippen molar-refractivity contribution in [2.75, 3.05) is 20.3 Å². The van der Waals surface area contributed by atoms with Gasteiger partial charge in [0, 0.05) is 43.8 Å². The van der Waals surface area contributed by atoms with Crippen LogP contribution in [0.3, 0.4) is 0 Å². The molecule has 87 valence electrons. The van der Waals surface area contributed by atoms with E-state index in [1.54, 1.807) is 25.3 Å². The summed E-state index contributed by atoms with van der Waals surface area (Å²) in [7, 11) is 1.59. The molecule has 0 aromatic heterocycles. The average molecular weight is 359 g/mol. The number of halogens is 2. The summed E-state index contributed by atoms with van der Waals surface area (Å²) in [5.74, 6) is 0.669. The molecule has 0 aliphatic carbocycles. The van der Waals surface area contributed by atoms with Crippen molar-refractivity contribution < 1.29 is 45.9 Å². The van der Waals surface area contributed by atoms with Crippen LogP contribution in [0.1, 0.15) is 12.8 Å². The molecule has 2 rings (SSSR count). The molecule has 0 atom stereocenters. The Kier molecular flexibility index (Phi) is 13.9. The molecule has 1 aliphatic heterocycles. The van der Waals surface area contributed by atoms with Gasteiger partial charge in [0.2, 0.25) is 0 Å². The van der Waals surface area contributed by atoms with Crippen molar-refractivity contribution in [1.82, 2.24) is 0 Å². The van der Waals surface area contributed by atoms with Crippen LogP contribution < -0.4 is 21.7 Å². The first-order chi connectivity index (χ1) is 6.83. The molecule has 1 heterocycles. The second-order valence-corrected chi connectivity index (χ2v) is 3.33. The van der Waals surface area contributed by atoms with Crippen molar-refractivity contribution in [2.45, 2.75) is 12.8 Å². The van der Waals surface area contributed by atoms with Crippen LogP contribution in [0, 0.1) is 6.07 Å². The number of ether oxygens (including phenoxy) is 2. The minimum Gasteiger partial charge on any atom is -1.00 e. The molecule has 1 aromatic carbocycles. The number of benzene rings is 1. The van der Waals surface area contributed by atoms with Gasteiger partial charge in [-0.3, -0.25) is 0 Å². The van der Waals surface area contributed by atoms with E-state index in [4.69, 9.17) is 21.1 Å². The summed E-state index contributed by atoms with van der Waals surface area (Å²) < 4.78 is 9.80. The predicted molar refractivity (Wildman–Crippen MR) is 56.9 cm³/mol. The molecular formula is C11H14BrClO2Zn-. The summed E-state index contributed by atoms with van der Waals surface area (Å²) >= 11 is 5.62. The molecule has 1 aromatic rings. The van der Waals surface area contributed by atoms with Crippen molar-refractivity contribution in [3.63, 3.8) is 0 Å². The third kappa shape index (κ3) is 8.52. The maximum Gasteiger partial charge on any atom is 0.128 e. The number of hydrogen-bond acceptors (Lipinski definition) is 2. The predicted octanol–water partition coefficient (Wildman–Crippen LogP) is -0.0529. The fourth-order valence-corrected chi connectivity index (χ4v) is 1.21. The largest absolute Gasteiger partial charge is 1.00 e. The van der Waals surface area contributed by atoms with Gasteiger partial charge in [0.25, 0.3) is 0 Å². The molecule has 0 bridgehead atoms. The van der Waals surface area contributed by atoms with E-state index in [2.05, 4.69) is 6.07 Å². The zero-order valence-corrected chi connectivity index (χ0v) is 14.6. The maximum absolute atomic E-state index is 5.62. The van der Waals surface area contributed by atoms with Crippen molar-refractivity contribution in [2.24, 2.45) is 0 Å². The van der Waals surface area contributed by atoms with Gasteiger partial charge in [-0.15, -0.1) is 0 Å². The third-order valence-corrected chi connectivity index (χ3v) is 2.02. The van der Waals surface area contributed by atoms with E-state index in [9.17, 15) is 0 Å². The first-order valence-corrected chi connectivity index (χ1v) is 4.99. The summed E-state index contributed by atoms with van der Waals surface area (Å²) in [5.41, 5.74) is 0. The Morgan fingerprint density at radius 1 is 1.38 bits per heavy atom. The van der Waals surface area contributed by atoms with E-state index < -0.39 is 0 Å². The van der Waals surface area contributed by atoms with Gasteiger partial charge in [-0.25, -0.2) is 0 Å². The molecular weight excluding hydrogens is 345 g/mol. The van der Waals surface area contributed by atoms with Crippen LogP contribution >= 0.6 is 11.6 Å². The van der Waals surface area contributed by atoms with Crippen LogP contribution in [-0.4, -0.2) is 20.3 Å². The van der Waals surface area contributed by atoms with E-state index in [0.29, 0.717) is 10.8 Å². The zero-order chi connectivity index (χ0) is 10.2. The van der Waals surface area contributed by atoms with Gasteiger partial charge in [-0.2, -0.15) is 0 Å². The van der Waals surface area contributed by atoms with Crippen LogP contribution in [0.4, 0.5) is 0 Å². The molecule has 0 N–H and O–H groups in total. The summed E-state index contributed by atoms with van der Waals surface area (Å²) in [4.78, 5) is 0. The SMILES string of the molecule is C1CCOC1.COc1[c]ccc(Cl)c1.[Br-].[Zn]. The first kappa shape index (κ1) is 18.7. The van der Waals surface area contributed by atoms with Crippen molar-refractivity contribution in [3.05, 3.63) is 29.3 Å². The fraction of sp³-hybridized carbons (Fsp3) is 0.455. The Bertz CT molecular complexity index is 262. The van der Waals surface area contributed by atoms with Crippen LogP contribution in [0.15, 0.2) is 18.2 Å². The number of methoxy groups -OCH3 is 1. The molecule has 5 heteroatoms.